The van der Waals surface area contributed by atoms with E-state index < -0.39 is 0 Å². The molecule has 0 aliphatic rings. The molecule has 0 unspecified atom stereocenters. The lowest BCUT2D eigenvalue weighted by molar-refractivity contribution is -0.111. The highest BCUT2D eigenvalue weighted by atomic mass is 79.9. The van der Waals surface area contributed by atoms with Crippen LogP contribution in [0.25, 0.3) is 6.08 Å². The maximum Gasteiger partial charge on any atom is 0.250 e. The third-order valence-corrected chi connectivity index (χ3v) is 3.60. The van der Waals surface area contributed by atoms with Gasteiger partial charge in [-0.05, 0) is 23.8 Å². The first-order valence-corrected chi connectivity index (χ1v) is 7.74. The summed E-state index contributed by atoms with van der Waals surface area (Å²) in [5.74, 6) is -0.601. The molecule has 2 aromatic rings. The molecular weight excluding hydrogens is 345 g/mol. The SMILES string of the molecule is O=C(/C=C/c1ccc(F)cc1)Nc1nnc(CCBr)s1. The Morgan fingerprint density at radius 1 is 1.35 bits per heavy atom. The van der Waals surface area contributed by atoms with Gasteiger partial charge in [-0.3, -0.25) is 10.1 Å². The summed E-state index contributed by atoms with van der Waals surface area (Å²) in [6.07, 6.45) is 3.76. The second-order valence-electron chi connectivity index (χ2n) is 3.81. The van der Waals surface area contributed by atoms with Gasteiger partial charge in [0, 0.05) is 17.8 Å². The lowest BCUT2D eigenvalue weighted by Gasteiger charge is -1.95. The van der Waals surface area contributed by atoms with Gasteiger partial charge in [0.25, 0.3) is 0 Å². The quantitative estimate of drug-likeness (QED) is 0.661. The van der Waals surface area contributed by atoms with Crippen LogP contribution in [0.15, 0.2) is 30.3 Å². The van der Waals surface area contributed by atoms with Crippen molar-refractivity contribution < 1.29 is 9.18 Å². The molecule has 1 aromatic carbocycles. The van der Waals surface area contributed by atoms with Gasteiger partial charge in [0.1, 0.15) is 10.8 Å². The van der Waals surface area contributed by atoms with Gasteiger partial charge in [0.2, 0.25) is 11.0 Å². The number of hydrogen-bond donors (Lipinski definition) is 1. The van der Waals surface area contributed by atoms with Crippen LogP contribution < -0.4 is 5.32 Å². The van der Waals surface area contributed by atoms with Crippen molar-refractivity contribution in [3.05, 3.63) is 46.7 Å². The molecule has 1 heterocycles. The van der Waals surface area contributed by atoms with E-state index in [0.717, 1.165) is 22.3 Å². The summed E-state index contributed by atoms with van der Waals surface area (Å²) in [7, 11) is 0. The Bertz CT molecular complexity index is 612. The number of aromatic nitrogens is 2. The number of nitrogens with zero attached hydrogens (tertiary/aromatic N) is 2. The highest BCUT2D eigenvalue weighted by Crippen LogP contribution is 2.16. The summed E-state index contributed by atoms with van der Waals surface area (Å²) in [5, 5.41) is 12.6. The fraction of sp³-hybridized carbons (Fsp3) is 0.154. The number of anilines is 1. The van der Waals surface area contributed by atoms with Crippen LogP contribution in [0, 0.1) is 5.82 Å². The van der Waals surface area contributed by atoms with Crippen molar-refractivity contribution in [3.63, 3.8) is 0 Å². The van der Waals surface area contributed by atoms with Gasteiger partial charge in [-0.15, -0.1) is 10.2 Å². The van der Waals surface area contributed by atoms with E-state index in [1.54, 1.807) is 18.2 Å². The molecule has 0 bridgehead atoms. The lowest BCUT2D eigenvalue weighted by atomic mass is 10.2. The van der Waals surface area contributed by atoms with Gasteiger partial charge in [-0.25, -0.2) is 4.39 Å². The van der Waals surface area contributed by atoms with E-state index in [0.29, 0.717) is 5.13 Å². The van der Waals surface area contributed by atoms with Gasteiger partial charge in [-0.2, -0.15) is 0 Å². The van der Waals surface area contributed by atoms with E-state index in [1.807, 2.05) is 0 Å². The fourth-order valence-electron chi connectivity index (χ4n) is 1.38. The highest BCUT2D eigenvalue weighted by Gasteiger charge is 2.05. The number of hydrogen-bond acceptors (Lipinski definition) is 4. The minimum atomic E-state index is -0.306. The number of carbonyl (C=O) groups is 1. The van der Waals surface area contributed by atoms with Crippen molar-refractivity contribution in [1.82, 2.24) is 10.2 Å². The molecule has 1 amide bonds. The Balaban J connectivity index is 1.92. The molecule has 0 spiro atoms. The Labute approximate surface area is 127 Å². The first kappa shape index (κ1) is 14.8. The van der Waals surface area contributed by atoms with Gasteiger partial charge in [-0.1, -0.05) is 39.4 Å². The van der Waals surface area contributed by atoms with Crippen molar-refractivity contribution in [1.29, 1.82) is 0 Å². The monoisotopic (exact) mass is 355 g/mol. The first-order valence-electron chi connectivity index (χ1n) is 5.80. The average Bonchev–Trinajstić information content (AvgIpc) is 2.86. The standard InChI is InChI=1S/C13H11BrFN3OS/c14-8-7-12-17-18-13(20-12)16-11(19)6-3-9-1-4-10(15)5-2-9/h1-6H,7-8H2,(H,16,18,19)/b6-3+. The molecule has 0 saturated carbocycles. The predicted octanol–water partition coefficient (Wildman–Crippen LogP) is 3.27. The summed E-state index contributed by atoms with van der Waals surface area (Å²) in [5.41, 5.74) is 0.749. The molecule has 4 nitrogen and oxygen atoms in total. The fourth-order valence-corrected chi connectivity index (χ4v) is 2.76. The summed E-state index contributed by atoms with van der Waals surface area (Å²) in [4.78, 5) is 11.7. The smallest absolute Gasteiger partial charge is 0.250 e. The van der Waals surface area contributed by atoms with Gasteiger partial charge >= 0.3 is 0 Å². The minimum absolute atomic E-state index is 0.295. The van der Waals surface area contributed by atoms with E-state index in [-0.39, 0.29) is 11.7 Å². The normalized spacial score (nSPS) is 10.9. The number of aryl methyl sites for hydroxylation is 1. The van der Waals surface area contributed by atoms with Crippen LogP contribution in [0.3, 0.4) is 0 Å². The van der Waals surface area contributed by atoms with Crippen LogP contribution in [-0.4, -0.2) is 21.4 Å². The number of halogens is 2. The van der Waals surface area contributed by atoms with Crippen LogP contribution in [0.5, 0.6) is 0 Å². The summed E-state index contributed by atoms with van der Waals surface area (Å²) in [6.45, 7) is 0. The van der Waals surface area contributed by atoms with Crippen LogP contribution in [0.4, 0.5) is 9.52 Å². The number of benzene rings is 1. The van der Waals surface area contributed by atoms with Gasteiger partial charge < -0.3 is 0 Å². The highest BCUT2D eigenvalue weighted by molar-refractivity contribution is 9.09. The molecule has 7 heteroatoms. The van der Waals surface area contributed by atoms with Gasteiger partial charge in [0.15, 0.2) is 0 Å². The van der Waals surface area contributed by atoms with Crippen molar-refractivity contribution in [2.75, 3.05) is 10.6 Å². The number of nitrogens with one attached hydrogen (secondary N) is 1. The number of carbonyl (C=O) groups excluding carboxylic acids is 1. The van der Waals surface area contributed by atoms with E-state index in [1.165, 1.54) is 29.5 Å². The molecule has 20 heavy (non-hydrogen) atoms. The molecule has 0 fully saturated rings. The minimum Gasteiger partial charge on any atom is -0.297 e. The lowest BCUT2D eigenvalue weighted by Crippen LogP contribution is -2.07. The Hall–Kier alpha value is -1.60. The summed E-state index contributed by atoms with van der Waals surface area (Å²) in [6, 6.07) is 5.88. The zero-order chi connectivity index (χ0) is 14.4. The first-order chi connectivity index (χ1) is 9.67. The van der Waals surface area contributed by atoms with E-state index >= 15 is 0 Å². The van der Waals surface area contributed by atoms with Crippen molar-refractivity contribution in [3.8, 4) is 0 Å². The number of alkyl halides is 1. The topological polar surface area (TPSA) is 54.9 Å². The predicted molar refractivity (Wildman–Crippen MR) is 81.5 cm³/mol. The molecule has 0 atom stereocenters. The molecular formula is C13H11BrFN3OS. The van der Waals surface area contributed by atoms with E-state index in [4.69, 9.17) is 0 Å². The van der Waals surface area contributed by atoms with E-state index in [2.05, 4.69) is 31.4 Å². The van der Waals surface area contributed by atoms with Gasteiger partial charge in [0.05, 0.1) is 0 Å². The molecule has 104 valence electrons. The molecule has 2 rings (SSSR count). The molecule has 0 aliphatic carbocycles. The van der Waals surface area contributed by atoms with E-state index in [9.17, 15) is 9.18 Å². The van der Waals surface area contributed by atoms with Crippen LogP contribution in [-0.2, 0) is 11.2 Å². The third-order valence-electron chi connectivity index (χ3n) is 2.30. The maximum atomic E-state index is 12.7. The average molecular weight is 356 g/mol. The Kier molecular flexibility index (Phi) is 5.37. The molecule has 1 N–H and O–H groups in total. The summed E-state index contributed by atoms with van der Waals surface area (Å²) < 4.78 is 12.7. The molecule has 0 saturated heterocycles. The molecule has 0 radical (unpaired) electrons. The third kappa shape index (κ3) is 4.50. The maximum absolute atomic E-state index is 12.7. The molecule has 0 aliphatic heterocycles. The molecule has 1 aromatic heterocycles. The largest absolute Gasteiger partial charge is 0.297 e. The second kappa shape index (κ2) is 7.25. The Morgan fingerprint density at radius 2 is 2.10 bits per heavy atom. The summed E-state index contributed by atoms with van der Waals surface area (Å²) >= 11 is 4.66. The zero-order valence-electron chi connectivity index (χ0n) is 10.3. The second-order valence-corrected chi connectivity index (χ2v) is 5.67. The zero-order valence-corrected chi connectivity index (χ0v) is 12.7. The van der Waals surface area contributed by atoms with Crippen molar-refractivity contribution in [2.24, 2.45) is 0 Å². The van der Waals surface area contributed by atoms with Crippen LogP contribution >= 0.6 is 27.3 Å². The number of amides is 1. The van der Waals surface area contributed by atoms with Crippen LogP contribution in [0.2, 0.25) is 0 Å². The number of rotatable bonds is 5. The Morgan fingerprint density at radius 3 is 2.80 bits per heavy atom. The van der Waals surface area contributed by atoms with Crippen LogP contribution in [0.1, 0.15) is 10.6 Å². The van der Waals surface area contributed by atoms with Crippen molar-refractivity contribution >= 4 is 44.4 Å². The van der Waals surface area contributed by atoms with Crippen molar-refractivity contribution in [2.45, 2.75) is 6.42 Å².